The molecule has 110 valence electrons. The van der Waals surface area contributed by atoms with Crippen molar-refractivity contribution < 1.29 is 23.5 Å². The van der Waals surface area contributed by atoms with Crippen molar-refractivity contribution in [1.82, 2.24) is 5.32 Å². The van der Waals surface area contributed by atoms with Crippen molar-refractivity contribution in [2.75, 3.05) is 0 Å². The highest BCUT2D eigenvalue weighted by molar-refractivity contribution is 9.10. The third kappa shape index (κ3) is 5.24. The molecule has 0 radical (unpaired) electrons. The minimum Gasteiger partial charge on any atom is -0.480 e. The molecule has 0 aliphatic heterocycles. The van der Waals surface area contributed by atoms with Crippen LogP contribution in [0.4, 0.5) is 8.78 Å². The topological polar surface area (TPSA) is 66.4 Å². The molecule has 1 aromatic carbocycles. The number of hydrogen-bond donors (Lipinski definition) is 2. The van der Waals surface area contributed by atoms with E-state index in [1.807, 2.05) is 6.07 Å². The molecule has 1 unspecified atom stereocenters. The van der Waals surface area contributed by atoms with Gasteiger partial charge in [-0.15, -0.1) is 0 Å². The van der Waals surface area contributed by atoms with Crippen LogP contribution >= 0.6 is 15.9 Å². The number of rotatable bonds is 6. The van der Waals surface area contributed by atoms with Crippen molar-refractivity contribution in [2.24, 2.45) is 0 Å². The van der Waals surface area contributed by atoms with Crippen molar-refractivity contribution in [2.45, 2.75) is 32.2 Å². The number of aliphatic carboxylic acids is 1. The van der Waals surface area contributed by atoms with Gasteiger partial charge in [0.1, 0.15) is 6.04 Å². The lowest BCUT2D eigenvalue weighted by atomic mass is 10.1. The van der Waals surface area contributed by atoms with Gasteiger partial charge in [-0.1, -0.05) is 22.0 Å². The summed E-state index contributed by atoms with van der Waals surface area (Å²) in [5.41, 5.74) is 1.57. The van der Waals surface area contributed by atoms with E-state index in [-0.39, 0.29) is 6.42 Å². The lowest BCUT2D eigenvalue weighted by Gasteiger charge is -2.14. The van der Waals surface area contributed by atoms with Crippen molar-refractivity contribution >= 4 is 27.8 Å². The zero-order chi connectivity index (χ0) is 15.3. The van der Waals surface area contributed by atoms with Crippen LogP contribution in [0.2, 0.25) is 0 Å². The fourth-order valence-electron chi connectivity index (χ4n) is 1.68. The van der Waals surface area contributed by atoms with Gasteiger partial charge in [0.05, 0.1) is 6.42 Å². The molecule has 1 atom stereocenters. The second kappa shape index (κ2) is 7.33. The number of carboxylic acid groups (broad SMARTS) is 1. The molecule has 0 spiro atoms. The van der Waals surface area contributed by atoms with Gasteiger partial charge in [0, 0.05) is 10.9 Å². The monoisotopic (exact) mass is 349 g/mol. The van der Waals surface area contributed by atoms with E-state index >= 15 is 0 Å². The molecule has 0 heterocycles. The molecule has 0 aliphatic rings. The quantitative estimate of drug-likeness (QED) is 0.829. The Hall–Kier alpha value is -1.50. The maximum absolute atomic E-state index is 12.2. The first kappa shape index (κ1) is 16.6. The molecule has 0 bridgehead atoms. The number of amides is 1. The van der Waals surface area contributed by atoms with E-state index in [1.54, 1.807) is 19.1 Å². The third-order valence-corrected chi connectivity index (χ3v) is 3.20. The van der Waals surface area contributed by atoms with Crippen LogP contribution in [0.3, 0.4) is 0 Å². The number of halogens is 3. The summed E-state index contributed by atoms with van der Waals surface area (Å²) in [5.74, 6) is -2.06. The zero-order valence-corrected chi connectivity index (χ0v) is 12.3. The normalized spacial score (nSPS) is 12.2. The molecular formula is C13H14BrF2NO3. The summed E-state index contributed by atoms with van der Waals surface area (Å²) in [6, 6.07) is 3.72. The summed E-state index contributed by atoms with van der Waals surface area (Å²) in [6.07, 6.45) is -3.74. The molecule has 0 saturated carbocycles. The highest BCUT2D eigenvalue weighted by Crippen LogP contribution is 2.16. The van der Waals surface area contributed by atoms with Gasteiger partial charge in [0.2, 0.25) is 12.3 Å². The summed E-state index contributed by atoms with van der Waals surface area (Å²) in [4.78, 5) is 22.5. The Bertz CT molecular complexity index is 508. The van der Waals surface area contributed by atoms with E-state index in [0.29, 0.717) is 5.56 Å². The Morgan fingerprint density at radius 1 is 1.40 bits per heavy atom. The smallest absolute Gasteiger partial charge is 0.326 e. The summed E-state index contributed by atoms with van der Waals surface area (Å²) < 4.78 is 25.3. The van der Waals surface area contributed by atoms with Gasteiger partial charge < -0.3 is 10.4 Å². The van der Waals surface area contributed by atoms with Crippen LogP contribution < -0.4 is 5.32 Å². The van der Waals surface area contributed by atoms with Crippen molar-refractivity contribution in [3.8, 4) is 0 Å². The van der Waals surface area contributed by atoms with E-state index in [1.165, 1.54) is 0 Å². The molecule has 2 N–H and O–H groups in total. The Morgan fingerprint density at radius 3 is 2.55 bits per heavy atom. The van der Waals surface area contributed by atoms with Crippen molar-refractivity contribution in [3.05, 3.63) is 33.8 Å². The number of alkyl halides is 2. The first-order valence-corrected chi connectivity index (χ1v) is 6.64. The third-order valence-electron chi connectivity index (χ3n) is 2.70. The number of carbonyl (C=O) groups is 2. The Morgan fingerprint density at radius 2 is 2.05 bits per heavy atom. The van der Waals surface area contributed by atoms with Crippen molar-refractivity contribution in [1.29, 1.82) is 0 Å². The lowest BCUT2D eigenvalue weighted by molar-refractivity contribution is -0.142. The van der Waals surface area contributed by atoms with Gasteiger partial charge >= 0.3 is 5.97 Å². The first-order valence-electron chi connectivity index (χ1n) is 5.85. The molecule has 7 heteroatoms. The molecule has 0 aromatic heterocycles. The van der Waals surface area contributed by atoms with Crippen LogP contribution in [0, 0.1) is 6.92 Å². The number of hydrogen-bond acceptors (Lipinski definition) is 2. The average Bonchev–Trinajstić information content (AvgIpc) is 2.31. The van der Waals surface area contributed by atoms with E-state index in [0.717, 1.165) is 10.0 Å². The number of carbonyl (C=O) groups excluding carboxylic acids is 1. The molecule has 1 aromatic rings. The molecule has 1 rings (SSSR count). The minimum atomic E-state index is -2.79. The van der Waals surface area contributed by atoms with E-state index in [2.05, 4.69) is 21.2 Å². The van der Waals surface area contributed by atoms with Crippen LogP contribution in [-0.4, -0.2) is 29.5 Å². The molecule has 4 nitrogen and oxygen atoms in total. The van der Waals surface area contributed by atoms with E-state index < -0.39 is 30.8 Å². The molecule has 0 saturated heterocycles. The Labute approximate surface area is 123 Å². The molecule has 1 amide bonds. The van der Waals surface area contributed by atoms with Crippen LogP contribution in [0.15, 0.2) is 22.7 Å². The number of nitrogens with one attached hydrogen (secondary N) is 1. The van der Waals surface area contributed by atoms with E-state index in [9.17, 15) is 18.4 Å². The van der Waals surface area contributed by atoms with Gasteiger partial charge in [0.25, 0.3) is 0 Å². The minimum absolute atomic E-state index is 0.0495. The first-order chi connectivity index (χ1) is 9.29. The highest BCUT2D eigenvalue weighted by Gasteiger charge is 2.24. The number of benzene rings is 1. The van der Waals surface area contributed by atoms with Gasteiger partial charge in [-0.25, -0.2) is 13.6 Å². The number of aryl methyl sites for hydroxylation is 1. The zero-order valence-electron chi connectivity index (χ0n) is 10.7. The lowest BCUT2D eigenvalue weighted by Crippen LogP contribution is -2.42. The van der Waals surface area contributed by atoms with Crippen LogP contribution in [0.1, 0.15) is 17.5 Å². The fraction of sp³-hybridized carbons (Fsp3) is 0.385. The van der Waals surface area contributed by atoms with Crippen LogP contribution in [0.25, 0.3) is 0 Å². The van der Waals surface area contributed by atoms with Gasteiger partial charge in [-0.2, -0.15) is 0 Å². The van der Waals surface area contributed by atoms with Crippen molar-refractivity contribution in [3.63, 3.8) is 0 Å². The van der Waals surface area contributed by atoms with Gasteiger partial charge in [0.15, 0.2) is 0 Å². The predicted molar refractivity (Wildman–Crippen MR) is 72.8 cm³/mol. The van der Waals surface area contributed by atoms with E-state index in [4.69, 9.17) is 5.11 Å². The summed E-state index contributed by atoms with van der Waals surface area (Å²) in [5, 5.41) is 10.9. The van der Waals surface area contributed by atoms with Gasteiger partial charge in [-0.05, 0) is 30.2 Å². The highest BCUT2D eigenvalue weighted by atomic mass is 79.9. The van der Waals surface area contributed by atoms with Gasteiger partial charge in [-0.3, -0.25) is 4.79 Å². The molecule has 0 aliphatic carbocycles. The summed E-state index contributed by atoms with van der Waals surface area (Å²) >= 11 is 3.29. The summed E-state index contributed by atoms with van der Waals surface area (Å²) in [7, 11) is 0. The van der Waals surface area contributed by atoms with Crippen LogP contribution in [-0.2, 0) is 16.0 Å². The molecular weight excluding hydrogens is 336 g/mol. The second-order valence-corrected chi connectivity index (χ2v) is 5.25. The average molecular weight is 350 g/mol. The second-order valence-electron chi connectivity index (χ2n) is 4.33. The largest absolute Gasteiger partial charge is 0.480 e. The van der Waals surface area contributed by atoms with Crippen LogP contribution in [0.5, 0.6) is 0 Å². The Kier molecular flexibility index (Phi) is 6.06. The SMILES string of the molecule is Cc1cc(Br)ccc1CC(=O)NC(CC(F)F)C(=O)O. The standard InChI is InChI=1S/C13H14BrF2NO3/c1-7-4-9(14)3-2-8(7)5-12(18)17-10(13(19)20)6-11(15)16/h2-4,10-11H,5-6H2,1H3,(H,17,18)(H,19,20). The molecule has 0 fully saturated rings. The maximum Gasteiger partial charge on any atom is 0.326 e. The number of carboxylic acids is 1. The fourth-order valence-corrected chi connectivity index (χ4v) is 2.15. The maximum atomic E-state index is 12.2. The Balaban J connectivity index is 2.68. The molecule has 20 heavy (non-hydrogen) atoms. The predicted octanol–water partition coefficient (Wildman–Crippen LogP) is 2.52. The summed E-state index contributed by atoms with van der Waals surface area (Å²) in [6.45, 7) is 1.81.